The van der Waals surface area contributed by atoms with E-state index in [9.17, 15) is 14.4 Å². The molecule has 0 aromatic rings. The molecule has 0 aliphatic rings. The van der Waals surface area contributed by atoms with Crippen LogP contribution in [-0.4, -0.2) is 29.4 Å². The Hall–Kier alpha value is -1.39. The van der Waals surface area contributed by atoms with Crippen molar-refractivity contribution in [1.82, 2.24) is 0 Å². The Morgan fingerprint density at radius 3 is 2.31 bits per heavy atom. The van der Waals surface area contributed by atoms with Gasteiger partial charge in [0.1, 0.15) is 11.7 Å². The highest BCUT2D eigenvalue weighted by molar-refractivity contribution is 5.97. The number of ether oxygens (including phenoxy) is 1. The number of unbranched alkanes of at least 4 members (excludes halogenated alkanes) is 1. The Morgan fingerprint density at radius 2 is 1.88 bits per heavy atom. The van der Waals surface area contributed by atoms with Crippen LogP contribution in [0, 0.1) is 5.92 Å². The molecule has 0 saturated carbocycles. The molecule has 1 atom stereocenters. The second kappa shape index (κ2) is 7.84. The van der Waals surface area contributed by atoms with Gasteiger partial charge in [0.2, 0.25) is 0 Å². The highest BCUT2D eigenvalue weighted by Crippen LogP contribution is 2.13. The fourth-order valence-corrected chi connectivity index (χ4v) is 1.35. The van der Waals surface area contributed by atoms with E-state index in [0.717, 1.165) is 0 Å². The summed E-state index contributed by atoms with van der Waals surface area (Å²) in [6.07, 6.45) is 1.43. The molecule has 0 rings (SSSR count). The van der Waals surface area contributed by atoms with Crippen LogP contribution in [0.4, 0.5) is 0 Å². The van der Waals surface area contributed by atoms with Crippen molar-refractivity contribution in [1.29, 1.82) is 0 Å². The van der Waals surface area contributed by atoms with Crippen LogP contribution in [0.1, 0.15) is 39.5 Å². The van der Waals surface area contributed by atoms with E-state index in [2.05, 4.69) is 0 Å². The van der Waals surface area contributed by atoms with Gasteiger partial charge in [-0.2, -0.15) is 0 Å². The standard InChI is InChI=1S/C11H18O5/c1-3-16-11(15)9(8(2)12)6-4-5-7-10(13)14/h9H,3-7H2,1-2H3,(H,13,14). The molecule has 0 heterocycles. The maximum absolute atomic E-state index is 11.4. The number of hydrogen-bond donors (Lipinski definition) is 1. The lowest BCUT2D eigenvalue weighted by atomic mass is 9.98. The summed E-state index contributed by atoms with van der Waals surface area (Å²) in [4.78, 5) is 32.8. The normalized spacial score (nSPS) is 11.9. The maximum atomic E-state index is 11.4. The van der Waals surface area contributed by atoms with Crippen molar-refractivity contribution < 1.29 is 24.2 Å². The van der Waals surface area contributed by atoms with Crippen molar-refractivity contribution in [2.75, 3.05) is 6.61 Å². The molecule has 0 aromatic carbocycles. The van der Waals surface area contributed by atoms with E-state index in [-0.39, 0.29) is 18.8 Å². The van der Waals surface area contributed by atoms with Crippen LogP contribution in [0.2, 0.25) is 0 Å². The van der Waals surface area contributed by atoms with Crippen LogP contribution in [0.15, 0.2) is 0 Å². The second-order valence-electron chi connectivity index (χ2n) is 3.55. The van der Waals surface area contributed by atoms with E-state index < -0.39 is 17.9 Å². The first-order valence-electron chi connectivity index (χ1n) is 5.38. The monoisotopic (exact) mass is 230 g/mol. The zero-order valence-electron chi connectivity index (χ0n) is 9.69. The molecule has 1 N–H and O–H groups in total. The number of carbonyl (C=O) groups is 3. The van der Waals surface area contributed by atoms with Crippen LogP contribution in [0.5, 0.6) is 0 Å². The summed E-state index contributed by atoms with van der Waals surface area (Å²) in [7, 11) is 0. The van der Waals surface area contributed by atoms with Gasteiger partial charge >= 0.3 is 11.9 Å². The van der Waals surface area contributed by atoms with Crippen molar-refractivity contribution in [3.63, 3.8) is 0 Å². The van der Waals surface area contributed by atoms with E-state index in [0.29, 0.717) is 19.3 Å². The van der Waals surface area contributed by atoms with Crippen LogP contribution < -0.4 is 0 Å². The third-order valence-electron chi connectivity index (χ3n) is 2.20. The van der Waals surface area contributed by atoms with E-state index in [4.69, 9.17) is 9.84 Å². The molecule has 0 spiro atoms. The summed E-state index contributed by atoms with van der Waals surface area (Å²) in [6, 6.07) is 0. The summed E-state index contributed by atoms with van der Waals surface area (Å²) >= 11 is 0. The van der Waals surface area contributed by atoms with Gasteiger partial charge in [-0.25, -0.2) is 0 Å². The molecule has 5 heteroatoms. The van der Waals surface area contributed by atoms with E-state index >= 15 is 0 Å². The first-order chi connectivity index (χ1) is 7.49. The first kappa shape index (κ1) is 14.6. The maximum Gasteiger partial charge on any atom is 0.316 e. The Balaban J connectivity index is 4.00. The predicted octanol–water partition coefficient (Wildman–Crippen LogP) is 1.40. The topological polar surface area (TPSA) is 80.7 Å². The molecule has 0 aromatic heterocycles. The first-order valence-corrected chi connectivity index (χ1v) is 5.38. The number of aliphatic carboxylic acids is 1. The van der Waals surface area contributed by atoms with Crippen molar-refractivity contribution >= 4 is 17.7 Å². The summed E-state index contributed by atoms with van der Waals surface area (Å²) in [6.45, 7) is 3.27. The SMILES string of the molecule is CCOC(=O)C(CCCCC(=O)O)C(C)=O. The molecule has 0 saturated heterocycles. The van der Waals surface area contributed by atoms with Gasteiger partial charge in [-0.05, 0) is 26.7 Å². The lowest BCUT2D eigenvalue weighted by Gasteiger charge is -2.11. The van der Waals surface area contributed by atoms with Crippen LogP contribution in [0.3, 0.4) is 0 Å². The Morgan fingerprint density at radius 1 is 1.25 bits per heavy atom. The number of rotatable bonds is 8. The van der Waals surface area contributed by atoms with Gasteiger partial charge in [-0.3, -0.25) is 14.4 Å². The Kier molecular flexibility index (Phi) is 7.16. The number of ketones is 1. The minimum absolute atomic E-state index is 0.0629. The van der Waals surface area contributed by atoms with Crippen LogP contribution in [-0.2, 0) is 19.1 Å². The fraction of sp³-hybridized carbons (Fsp3) is 0.727. The molecule has 0 bridgehead atoms. The Labute approximate surface area is 94.8 Å². The zero-order chi connectivity index (χ0) is 12.6. The molecule has 16 heavy (non-hydrogen) atoms. The highest BCUT2D eigenvalue weighted by Gasteiger charge is 2.23. The van der Waals surface area contributed by atoms with Gasteiger partial charge in [-0.15, -0.1) is 0 Å². The minimum Gasteiger partial charge on any atom is -0.481 e. The van der Waals surface area contributed by atoms with Crippen molar-refractivity contribution in [2.45, 2.75) is 39.5 Å². The third kappa shape index (κ3) is 6.16. The lowest BCUT2D eigenvalue weighted by molar-refractivity contribution is -0.151. The summed E-state index contributed by atoms with van der Waals surface area (Å²) in [5.74, 6) is -2.34. The van der Waals surface area contributed by atoms with E-state index in [1.54, 1.807) is 6.92 Å². The minimum atomic E-state index is -0.865. The Bertz CT molecular complexity index is 259. The average molecular weight is 230 g/mol. The number of carbonyl (C=O) groups excluding carboxylic acids is 2. The second-order valence-corrected chi connectivity index (χ2v) is 3.55. The van der Waals surface area contributed by atoms with Crippen molar-refractivity contribution in [3.05, 3.63) is 0 Å². The molecule has 0 fully saturated rings. The van der Waals surface area contributed by atoms with Gasteiger partial charge < -0.3 is 9.84 Å². The quantitative estimate of drug-likeness (QED) is 0.387. The number of Topliss-reactive ketones (excluding diaryl/α,β-unsaturated/α-hetero) is 1. The van der Waals surface area contributed by atoms with Gasteiger partial charge in [0, 0.05) is 6.42 Å². The number of esters is 1. The highest BCUT2D eigenvalue weighted by atomic mass is 16.5. The largest absolute Gasteiger partial charge is 0.481 e. The van der Waals surface area contributed by atoms with Gasteiger partial charge in [0.05, 0.1) is 6.61 Å². The third-order valence-corrected chi connectivity index (χ3v) is 2.20. The predicted molar refractivity (Wildman–Crippen MR) is 56.9 cm³/mol. The molecule has 0 aliphatic heterocycles. The van der Waals surface area contributed by atoms with Gasteiger partial charge in [0.25, 0.3) is 0 Å². The van der Waals surface area contributed by atoms with Gasteiger partial charge in [0.15, 0.2) is 0 Å². The summed E-state index contributed by atoms with van der Waals surface area (Å²) in [5, 5.41) is 8.42. The van der Waals surface area contributed by atoms with E-state index in [1.165, 1.54) is 6.92 Å². The fourth-order valence-electron chi connectivity index (χ4n) is 1.35. The van der Waals surface area contributed by atoms with Gasteiger partial charge in [-0.1, -0.05) is 6.42 Å². The molecule has 0 amide bonds. The summed E-state index contributed by atoms with van der Waals surface area (Å²) < 4.78 is 4.77. The molecule has 0 radical (unpaired) electrons. The number of carboxylic acid groups (broad SMARTS) is 1. The molecular weight excluding hydrogens is 212 g/mol. The number of hydrogen-bond acceptors (Lipinski definition) is 4. The van der Waals surface area contributed by atoms with Crippen molar-refractivity contribution in [2.24, 2.45) is 5.92 Å². The van der Waals surface area contributed by atoms with E-state index in [1.807, 2.05) is 0 Å². The zero-order valence-corrected chi connectivity index (χ0v) is 9.69. The lowest BCUT2D eigenvalue weighted by Crippen LogP contribution is -2.24. The summed E-state index contributed by atoms with van der Waals surface area (Å²) in [5.41, 5.74) is 0. The average Bonchev–Trinajstić information content (AvgIpc) is 2.16. The molecule has 5 nitrogen and oxygen atoms in total. The van der Waals surface area contributed by atoms with Crippen molar-refractivity contribution in [3.8, 4) is 0 Å². The van der Waals surface area contributed by atoms with Crippen LogP contribution in [0.25, 0.3) is 0 Å². The molecule has 92 valence electrons. The smallest absolute Gasteiger partial charge is 0.316 e. The molecule has 0 aliphatic carbocycles. The number of carboxylic acids is 1. The molecular formula is C11H18O5. The molecule has 1 unspecified atom stereocenters. The van der Waals surface area contributed by atoms with Crippen LogP contribution >= 0.6 is 0 Å².